The number of morpholine rings is 1. The van der Waals surface area contributed by atoms with Crippen molar-refractivity contribution in [1.82, 2.24) is 14.5 Å². The van der Waals surface area contributed by atoms with E-state index in [1.807, 2.05) is 24.4 Å². The van der Waals surface area contributed by atoms with Crippen molar-refractivity contribution in [2.45, 2.75) is 19.5 Å². The van der Waals surface area contributed by atoms with Crippen molar-refractivity contribution in [3.8, 4) is 11.1 Å². The van der Waals surface area contributed by atoms with E-state index in [9.17, 15) is 4.79 Å². The molecular formula is C19H22N4O2S. The molecule has 26 heavy (non-hydrogen) atoms. The van der Waals surface area contributed by atoms with Crippen LogP contribution in [-0.2, 0) is 18.3 Å². The van der Waals surface area contributed by atoms with Crippen molar-refractivity contribution in [3.63, 3.8) is 0 Å². The zero-order chi connectivity index (χ0) is 18.3. The number of hydrogen-bond acceptors (Lipinski definition) is 6. The molecule has 4 rings (SSSR count). The fourth-order valence-electron chi connectivity index (χ4n) is 3.40. The van der Waals surface area contributed by atoms with Gasteiger partial charge in [0, 0.05) is 53.7 Å². The number of nitrogen functional groups attached to an aromatic ring is 1. The quantitative estimate of drug-likeness (QED) is 0.767. The average molecular weight is 370 g/mol. The first kappa shape index (κ1) is 17.2. The molecule has 136 valence electrons. The first-order valence-corrected chi connectivity index (χ1v) is 9.50. The lowest BCUT2D eigenvalue weighted by Crippen LogP contribution is -2.42. The van der Waals surface area contributed by atoms with Crippen molar-refractivity contribution in [2.75, 3.05) is 25.5 Å². The van der Waals surface area contributed by atoms with E-state index in [2.05, 4.69) is 16.8 Å². The van der Waals surface area contributed by atoms with Crippen LogP contribution in [0.5, 0.6) is 0 Å². The molecule has 0 saturated carbocycles. The van der Waals surface area contributed by atoms with E-state index in [0.29, 0.717) is 11.9 Å². The van der Waals surface area contributed by atoms with Crippen LogP contribution in [0.15, 0.2) is 35.4 Å². The van der Waals surface area contributed by atoms with Crippen LogP contribution in [0.2, 0.25) is 0 Å². The van der Waals surface area contributed by atoms with Crippen molar-refractivity contribution >= 4 is 27.2 Å². The molecule has 0 radical (unpaired) electrons. The lowest BCUT2D eigenvalue weighted by molar-refractivity contribution is -0.00390. The second kappa shape index (κ2) is 6.83. The molecule has 0 bridgehead atoms. The summed E-state index contributed by atoms with van der Waals surface area (Å²) in [6, 6.07) is 6.21. The summed E-state index contributed by atoms with van der Waals surface area (Å²) in [5.41, 5.74) is 7.88. The average Bonchev–Trinajstić information content (AvgIpc) is 3.04. The maximum Gasteiger partial charge on any atom is 0.259 e. The van der Waals surface area contributed by atoms with Gasteiger partial charge in [-0.1, -0.05) is 0 Å². The molecular weight excluding hydrogens is 348 g/mol. The highest BCUT2D eigenvalue weighted by atomic mass is 32.1. The minimum atomic E-state index is 0.0308. The van der Waals surface area contributed by atoms with Gasteiger partial charge in [0.25, 0.3) is 5.56 Å². The summed E-state index contributed by atoms with van der Waals surface area (Å²) in [5, 5.41) is 0.765. The zero-order valence-electron chi connectivity index (χ0n) is 14.9. The van der Waals surface area contributed by atoms with Gasteiger partial charge in [-0.3, -0.25) is 9.69 Å². The molecule has 1 aliphatic rings. The van der Waals surface area contributed by atoms with Crippen molar-refractivity contribution in [3.05, 3.63) is 45.8 Å². The molecule has 7 heteroatoms. The van der Waals surface area contributed by atoms with Gasteiger partial charge in [0.05, 0.1) is 18.6 Å². The summed E-state index contributed by atoms with van der Waals surface area (Å²) in [4.78, 5) is 20.3. The summed E-state index contributed by atoms with van der Waals surface area (Å²) in [7, 11) is 1.79. The highest BCUT2D eigenvalue weighted by Crippen LogP contribution is 2.34. The van der Waals surface area contributed by atoms with E-state index in [4.69, 9.17) is 10.5 Å². The number of pyridine rings is 2. The molecule has 6 nitrogen and oxygen atoms in total. The topological polar surface area (TPSA) is 73.4 Å². The predicted molar refractivity (Wildman–Crippen MR) is 105 cm³/mol. The smallest absolute Gasteiger partial charge is 0.259 e. The van der Waals surface area contributed by atoms with Gasteiger partial charge >= 0.3 is 0 Å². The van der Waals surface area contributed by atoms with Gasteiger partial charge in [-0.25, -0.2) is 4.98 Å². The number of nitrogens with two attached hydrogens (primary N) is 1. The third-order valence-corrected chi connectivity index (χ3v) is 6.01. The lowest BCUT2D eigenvalue weighted by Gasteiger charge is -2.32. The standard InChI is InChI=1S/C19H22N4O2S/c1-12-11-25-6-5-23(12)9-14-8-15-18(26-14)16(10-22(2)19(15)24)13-3-4-21-17(20)7-13/h3-4,7-8,10,12H,5-6,9,11H2,1-2H3,(H2,20,21). The Balaban J connectivity index is 1.80. The predicted octanol–water partition coefficient (Wildman–Crippen LogP) is 2.46. The van der Waals surface area contributed by atoms with Crippen LogP contribution in [0.4, 0.5) is 5.82 Å². The molecule has 0 spiro atoms. The molecule has 2 N–H and O–H groups in total. The van der Waals surface area contributed by atoms with Gasteiger partial charge in [0.15, 0.2) is 0 Å². The molecule has 4 heterocycles. The van der Waals surface area contributed by atoms with E-state index < -0.39 is 0 Å². The number of nitrogens with zero attached hydrogens (tertiary/aromatic N) is 3. The molecule has 1 aliphatic heterocycles. The molecule has 1 atom stereocenters. The van der Waals surface area contributed by atoms with Gasteiger partial charge in [-0.15, -0.1) is 11.3 Å². The van der Waals surface area contributed by atoms with Crippen molar-refractivity contribution < 1.29 is 4.74 Å². The Labute approximate surface area is 155 Å². The Morgan fingerprint density at radius 1 is 1.42 bits per heavy atom. The van der Waals surface area contributed by atoms with E-state index in [-0.39, 0.29) is 5.56 Å². The lowest BCUT2D eigenvalue weighted by atomic mass is 10.1. The number of rotatable bonds is 3. The first-order valence-electron chi connectivity index (χ1n) is 8.68. The molecule has 1 unspecified atom stereocenters. The third-order valence-electron chi connectivity index (χ3n) is 4.86. The Morgan fingerprint density at radius 3 is 3.04 bits per heavy atom. The molecule has 0 amide bonds. The van der Waals surface area contributed by atoms with Crippen LogP contribution in [0, 0.1) is 0 Å². The van der Waals surface area contributed by atoms with Crippen LogP contribution in [0.25, 0.3) is 21.2 Å². The monoisotopic (exact) mass is 370 g/mol. The summed E-state index contributed by atoms with van der Waals surface area (Å²) >= 11 is 1.69. The maximum absolute atomic E-state index is 12.6. The normalized spacial score (nSPS) is 18.5. The van der Waals surface area contributed by atoms with Crippen LogP contribution in [0.3, 0.4) is 0 Å². The minimum absolute atomic E-state index is 0.0308. The van der Waals surface area contributed by atoms with Crippen LogP contribution < -0.4 is 11.3 Å². The summed E-state index contributed by atoms with van der Waals surface area (Å²) in [6.07, 6.45) is 3.59. The fraction of sp³-hybridized carbons (Fsp3) is 0.368. The molecule has 0 aliphatic carbocycles. The van der Waals surface area contributed by atoms with Crippen LogP contribution >= 0.6 is 11.3 Å². The third kappa shape index (κ3) is 3.13. The van der Waals surface area contributed by atoms with Crippen LogP contribution in [0.1, 0.15) is 11.8 Å². The Kier molecular flexibility index (Phi) is 4.52. The molecule has 1 fully saturated rings. The number of hydrogen-bond donors (Lipinski definition) is 1. The Hall–Kier alpha value is -2.22. The number of aryl methyl sites for hydroxylation is 1. The van der Waals surface area contributed by atoms with Gasteiger partial charge in [0.2, 0.25) is 0 Å². The molecule has 1 saturated heterocycles. The number of ether oxygens (including phenoxy) is 1. The highest BCUT2D eigenvalue weighted by Gasteiger charge is 2.21. The first-order chi connectivity index (χ1) is 12.5. The van der Waals surface area contributed by atoms with Crippen molar-refractivity contribution in [2.24, 2.45) is 7.05 Å². The molecule has 3 aromatic rings. The number of aromatic nitrogens is 2. The van der Waals surface area contributed by atoms with Crippen LogP contribution in [-0.4, -0.2) is 40.3 Å². The molecule has 3 aromatic heterocycles. The molecule has 0 aromatic carbocycles. The number of thiophene rings is 1. The van der Waals surface area contributed by atoms with E-state index in [1.54, 1.807) is 29.1 Å². The van der Waals surface area contributed by atoms with Gasteiger partial charge < -0.3 is 15.0 Å². The number of anilines is 1. The Morgan fingerprint density at radius 2 is 2.27 bits per heavy atom. The maximum atomic E-state index is 12.6. The Bertz CT molecular complexity index is 1010. The fourth-order valence-corrected chi connectivity index (χ4v) is 4.60. The SMILES string of the molecule is CC1COCCN1Cc1cc2c(=O)n(C)cc(-c3ccnc(N)c3)c2s1. The van der Waals surface area contributed by atoms with Gasteiger partial charge in [-0.2, -0.15) is 0 Å². The van der Waals surface area contributed by atoms with Crippen molar-refractivity contribution in [1.29, 1.82) is 0 Å². The second-order valence-electron chi connectivity index (χ2n) is 6.78. The van der Waals surface area contributed by atoms with Gasteiger partial charge in [-0.05, 0) is 30.7 Å². The van der Waals surface area contributed by atoms with E-state index in [0.717, 1.165) is 47.5 Å². The summed E-state index contributed by atoms with van der Waals surface area (Å²) < 4.78 is 8.17. The van der Waals surface area contributed by atoms with E-state index >= 15 is 0 Å². The second-order valence-corrected chi connectivity index (χ2v) is 7.91. The summed E-state index contributed by atoms with van der Waals surface area (Å²) in [6.45, 7) is 5.45. The number of fused-ring (bicyclic) bond motifs is 1. The summed E-state index contributed by atoms with van der Waals surface area (Å²) in [5.74, 6) is 0.475. The highest BCUT2D eigenvalue weighted by molar-refractivity contribution is 7.19. The largest absolute Gasteiger partial charge is 0.384 e. The zero-order valence-corrected chi connectivity index (χ0v) is 15.8. The van der Waals surface area contributed by atoms with Gasteiger partial charge in [0.1, 0.15) is 5.82 Å². The minimum Gasteiger partial charge on any atom is -0.384 e. The van der Waals surface area contributed by atoms with E-state index in [1.165, 1.54) is 4.88 Å².